The molecule has 1 fully saturated rings. The van der Waals surface area contributed by atoms with E-state index in [-0.39, 0.29) is 30.3 Å². The van der Waals surface area contributed by atoms with Crippen LogP contribution < -0.4 is 0 Å². The van der Waals surface area contributed by atoms with E-state index in [4.69, 9.17) is 19.7 Å². The molecule has 0 radical (unpaired) electrons. The summed E-state index contributed by atoms with van der Waals surface area (Å²) in [7, 11) is 0. The predicted octanol–water partition coefficient (Wildman–Crippen LogP) is 8.82. The lowest BCUT2D eigenvalue weighted by atomic mass is 9.75. The highest BCUT2D eigenvalue weighted by atomic mass is 16.5. The van der Waals surface area contributed by atoms with Crippen LogP contribution in [0.3, 0.4) is 0 Å². The van der Waals surface area contributed by atoms with Crippen LogP contribution in [0.15, 0.2) is 91.0 Å². The number of hydrogen-bond donors (Lipinski definition) is 2. The summed E-state index contributed by atoms with van der Waals surface area (Å²) in [5, 5.41) is 18.3. The van der Waals surface area contributed by atoms with Crippen molar-refractivity contribution in [3.8, 4) is 11.1 Å². The van der Waals surface area contributed by atoms with E-state index in [1.54, 1.807) is 0 Å². The summed E-state index contributed by atoms with van der Waals surface area (Å²) < 4.78 is 10.6. The second-order valence-electron chi connectivity index (χ2n) is 13.8. The largest absolute Gasteiger partial charge is 0.462 e. The zero-order chi connectivity index (χ0) is 35.9. The van der Waals surface area contributed by atoms with Crippen LogP contribution in [0.25, 0.3) is 11.1 Å². The molecule has 1 saturated carbocycles. The Morgan fingerprint density at radius 3 is 1.78 bits per heavy atom. The van der Waals surface area contributed by atoms with Crippen molar-refractivity contribution < 1.29 is 29.3 Å². The maximum atomic E-state index is 12.0. The van der Waals surface area contributed by atoms with Gasteiger partial charge in [0.15, 0.2) is 0 Å². The minimum Gasteiger partial charge on any atom is -0.462 e. The van der Waals surface area contributed by atoms with Crippen molar-refractivity contribution in [1.82, 2.24) is 0 Å². The molecule has 0 aliphatic heterocycles. The van der Waals surface area contributed by atoms with E-state index < -0.39 is 25.2 Å². The standard InChI is InChI=1S/C44H56O6/c1-5-7-8-9-33-14-18-40(19-15-33)42-25-24-41(26-36(42)6-2)39-22-20-38(21-23-39)37-16-12-34(13-17-37)10-11-35(29-49-43(47)31(3)27-45)30-50-44(48)32(4)28-46/h12-19,24-26,35,38-39,45-46H,3-11,20-23,27-30H2,1-2H3. The molecule has 268 valence electrons. The van der Waals surface area contributed by atoms with Gasteiger partial charge in [-0.3, -0.25) is 0 Å². The Morgan fingerprint density at radius 2 is 1.24 bits per heavy atom. The molecule has 0 atom stereocenters. The predicted molar refractivity (Wildman–Crippen MR) is 201 cm³/mol. The van der Waals surface area contributed by atoms with Crippen molar-refractivity contribution in [2.75, 3.05) is 26.4 Å². The zero-order valence-corrected chi connectivity index (χ0v) is 30.1. The molecular weight excluding hydrogens is 624 g/mol. The maximum absolute atomic E-state index is 12.0. The fourth-order valence-electron chi connectivity index (χ4n) is 6.89. The van der Waals surface area contributed by atoms with Gasteiger partial charge in [-0.15, -0.1) is 0 Å². The first-order chi connectivity index (χ1) is 24.3. The first-order valence-electron chi connectivity index (χ1n) is 18.5. The van der Waals surface area contributed by atoms with Gasteiger partial charge in [0.2, 0.25) is 0 Å². The van der Waals surface area contributed by atoms with E-state index in [1.807, 2.05) is 0 Å². The SMILES string of the molecule is C=C(CO)C(=O)OCC(CCc1ccc(C2CCC(c3ccc(-c4ccc(CCCCC)cc4)c(CC)c3)CC2)cc1)COC(=O)C(=C)CO. The maximum Gasteiger partial charge on any atom is 0.335 e. The molecule has 1 aliphatic carbocycles. The Balaban J connectivity index is 1.30. The average Bonchev–Trinajstić information content (AvgIpc) is 3.17. The van der Waals surface area contributed by atoms with Gasteiger partial charge in [0.1, 0.15) is 0 Å². The average molecular weight is 681 g/mol. The molecular formula is C44H56O6. The molecule has 6 nitrogen and oxygen atoms in total. The van der Waals surface area contributed by atoms with Gasteiger partial charge in [-0.2, -0.15) is 0 Å². The number of carbonyl (C=O) groups is 2. The second-order valence-corrected chi connectivity index (χ2v) is 13.8. The van der Waals surface area contributed by atoms with E-state index in [1.165, 1.54) is 78.3 Å². The number of hydrogen-bond acceptors (Lipinski definition) is 6. The number of aliphatic hydroxyl groups excluding tert-OH is 2. The third kappa shape index (κ3) is 11.3. The Hall–Kier alpha value is -4.00. The quantitative estimate of drug-likeness (QED) is 0.0747. The molecule has 0 saturated heterocycles. The van der Waals surface area contributed by atoms with E-state index in [0.717, 1.165) is 18.4 Å². The van der Waals surface area contributed by atoms with Crippen molar-refractivity contribution in [2.24, 2.45) is 5.92 Å². The topological polar surface area (TPSA) is 93.1 Å². The summed E-state index contributed by atoms with van der Waals surface area (Å²) in [6.07, 6.45) is 12.0. The van der Waals surface area contributed by atoms with E-state index in [0.29, 0.717) is 24.7 Å². The van der Waals surface area contributed by atoms with Gasteiger partial charge in [-0.25, -0.2) is 9.59 Å². The number of carbonyl (C=O) groups excluding carboxylic acids is 2. The monoisotopic (exact) mass is 680 g/mol. The van der Waals surface area contributed by atoms with Gasteiger partial charge >= 0.3 is 11.9 Å². The van der Waals surface area contributed by atoms with Crippen LogP contribution in [0.5, 0.6) is 0 Å². The molecule has 6 heteroatoms. The number of aryl methyl sites for hydroxylation is 3. The summed E-state index contributed by atoms with van der Waals surface area (Å²) in [6.45, 7) is 10.6. The summed E-state index contributed by atoms with van der Waals surface area (Å²) in [4.78, 5) is 24.1. The Morgan fingerprint density at radius 1 is 0.720 bits per heavy atom. The fraction of sp³-hybridized carbons (Fsp3) is 0.455. The van der Waals surface area contributed by atoms with Gasteiger partial charge < -0.3 is 19.7 Å². The Labute approximate surface area is 299 Å². The van der Waals surface area contributed by atoms with Crippen molar-refractivity contribution in [3.05, 3.63) is 119 Å². The van der Waals surface area contributed by atoms with Crippen LogP contribution in [0.2, 0.25) is 0 Å². The number of benzene rings is 3. The molecule has 2 N–H and O–H groups in total. The van der Waals surface area contributed by atoms with E-state index in [9.17, 15) is 9.59 Å². The van der Waals surface area contributed by atoms with E-state index >= 15 is 0 Å². The first kappa shape index (κ1) is 38.8. The van der Waals surface area contributed by atoms with Crippen molar-refractivity contribution in [2.45, 2.75) is 96.3 Å². The molecule has 4 rings (SSSR count). The molecule has 0 bridgehead atoms. The minimum atomic E-state index is -0.677. The van der Waals surface area contributed by atoms with Crippen LogP contribution in [0.4, 0.5) is 0 Å². The third-order valence-electron chi connectivity index (χ3n) is 10.2. The van der Waals surface area contributed by atoms with Crippen LogP contribution in [0.1, 0.15) is 105 Å². The smallest absolute Gasteiger partial charge is 0.335 e. The number of ether oxygens (including phenoxy) is 2. The lowest BCUT2D eigenvalue weighted by Crippen LogP contribution is -2.23. The highest BCUT2D eigenvalue weighted by Crippen LogP contribution is 2.41. The molecule has 0 aromatic heterocycles. The highest BCUT2D eigenvalue weighted by molar-refractivity contribution is 5.88. The van der Waals surface area contributed by atoms with Crippen molar-refractivity contribution >= 4 is 11.9 Å². The summed E-state index contributed by atoms with van der Waals surface area (Å²) in [5.74, 6) is -0.478. The van der Waals surface area contributed by atoms with Crippen LogP contribution in [-0.4, -0.2) is 48.6 Å². The lowest BCUT2D eigenvalue weighted by Gasteiger charge is -2.30. The number of aliphatic hydroxyl groups is 2. The fourth-order valence-corrected chi connectivity index (χ4v) is 6.89. The Bertz CT molecular complexity index is 1510. The molecule has 3 aromatic rings. The minimum absolute atomic E-state index is 0.0207. The summed E-state index contributed by atoms with van der Waals surface area (Å²) in [6, 6.07) is 25.2. The number of esters is 2. The first-order valence-corrected chi connectivity index (χ1v) is 18.5. The van der Waals surface area contributed by atoms with Crippen molar-refractivity contribution in [3.63, 3.8) is 0 Å². The van der Waals surface area contributed by atoms with E-state index in [2.05, 4.69) is 93.7 Å². The summed E-state index contributed by atoms with van der Waals surface area (Å²) in [5.41, 5.74) is 9.49. The highest BCUT2D eigenvalue weighted by Gasteiger charge is 2.24. The molecule has 50 heavy (non-hydrogen) atoms. The molecule has 0 unspecified atom stereocenters. The number of rotatable bonds is 19. The van der Waals surface area contributed by atoms with Crippen LogP contribution in [-0.2, 0) is 38.3 Å². The molecule has 0 amide bonds. The normalized spacial score (nSPS) is 15.9. The molecule has 3 aromatic carbocycles. The van der Waals surface area contributed by atoms with Crippen LogP contribution >= 0.6 is 0 Å². The molecule has 1 aliphatic rings. The molecule has 0 spiro atoms. The summed E-state index contributed by atoms with van der Waals surface area (Å²) >= 11 is 0. The Kier molecular flexibility index (Phi) is 15.5. The van der Waals surface area contributed by atoms with Gasteiger partial charge in [0.25, 0.3) is 0 Å². The van der Waals surface area contributed by atoms with Gasteiger partial charge in [0, 0.05) is 5.92 Å². The zero-order valence-electron chi connectivity index (χ0n) is 30.1. The van der Waals surface area contributed by atoms with Gasteiger partial charge in [-0.1, -0.05) is 107 Å². The van der Waals surface area contributed by atoms with Crippen molar-refractivity contribution in [1.29, 1.82) is 0 Å². The van der Waals surface area contributed by atoms with Gasteiger partial charge in [0.05, 0.1) is 37.6 Å². The van der Waals surface area contributed by atoms with Gasteiger partial charge in [-0.05, 0) is 109 Å². The number of unbranched alkanes of at least 4 members (excludes halogenated alkanes) is 2. The third-order valence-corrected chi connectivity index (χ3v) is 10.2. The van der Waals surface area contributed by atoms with Crippen LogP contribution in [0, 0.1) is 5.92 Å². The lowest BCUT2D eigenvalue weighted by molar-refractivity contribution is -0.144. The second kappa shape index (κ2) is 20.0. The molecule has 0 heterocycles.